The maximum absolute atomic E-state index is 9.61. The van der Waals surface area contributed by atoms with Crippen molar-refractivity contribution in [1.82, 2.24) is 0 Å². The SMILES string of the molecule is CC1(C)OC[C@@H]2O[C@@]3(CO)OC(C)(C)O[C@H]3[C@@H]2O1. The van der Waals surface area contributed by atoms with Gasteiger partial charge in [0, 0.05) is 0 Å². The second-order valence-electron chi connectivity index (χ2n) is 5.96. The highest BCUT2D eigenvalue weighted by molar-refractivity contribution is 5.04. The van der Waals surface area contributed by atoms with Crippen LogP contribution < -0.4 is 0 Å². The van der Waals surface area contributed by atoms with Crippen LogP contribution in [0.3, 0.4) is 0 Å². The summed E-state index contributed by atoms with van der Waals surface area (Å²) in [6.07, 6.45) is -1.00. The van der Waals surface area contributed by atoms with Gasteiger partial charge in [-0.1, -0.05) is 0 Å². The zero-order chi connectivity index (χ0) is 13.2. The molecule has 3 fully saturated rings. The standard InChI is InChI=1S/C12H20O6/c1-10(2)14-5-7-8(16-10)9-12(6-13,15-7)18-11(3,4)17-9/h7-9,13H,5-6H2,1-4H3/t7-,8+,9-,12-/m0/s1. The third-order valence-corrected chi connectivity index (χ3v) is 3.51. The van der Waals surface area contributed by atoms with Crippen molar-refractivity contribution in [3.63, 3.8) is 0 Å². The van der Waals surface area contributed by atoms with E-state index in [9.17, 15) is 5.11 Å². The Hall–Kier alpha value is -0.240. The Bertz CT molecular complexity index is 354. The first-order valence-corrected chi connectivity index (χ1v) is 6.25. The summed E-state index contributed by atoms with van der Waals surface area (Å²) < 4.78 is 28.8. The average molecular weight is 260 g/mol. The Kier molecular flexibility index (Phi) is 2.59. The van der Waals surface area contributed by atoms with Crippen LogP contribution in [0.1, 0.15) is 27.7 Å². The van der Waals surface area contributed by atoms with E-state index in [4.69, 9.17) is 23.7 Å². The quantitative estimate of drug-likeness (QED) is 0.735. The van der Waals surface area contributed by atoms with Crippen LogP contribution in [0.5, 0.6) is 0 Å². The molecular weight excluding hydrogens is 240 g/mol. The van der Waals surface area contributed by atoms with Crippen LogP contribution in [-0.2, 0) is 23.7 Å². The first kappa shape index (κ1) is 12.8. The molecule has 0 spiro atoms. The summed E-state index contributed by atoms with van der Waals surface area (Å²) >= 11 is 0. The molecule has 3 aliphatic rings. The van der Waals surface area contributed by atoms with Crippen molar-refractivity contribution in [1.29, 1.82) is 0 Å². The highest BCUT2D eigenvalue weighted by Crippen LogP contribution is 2.48. The van der Waals surface area contributed by atoms with Gasteiger partial charge in [0.05, 0.1) is 6.61 Å². The lowest BCUT2D eigenvalue weighted by Gasteiger charge is -2.38. The second-order valence-corrected chi connectivity index (χ2v) is 5.96. The van der Waals surface area contributed by atoms with E-state index in [-0.39, 0.29) is 18.8 Å². The summed E-state index contributed by atoms with van der Waals surface area (Å²) in [7, 11) is 0. The van der Waals surface area contributed by atoms with E-state index in [1.807, 2.05) is 13.8 Å². The molecule has 0 saturated carbocycles. The van der Waals surface area contributed by atoms with Crippen LogP contribution in [0.15, 0.2) is 0 Å². The maximum Gasteiger partial charge on any atom is 0.224 e. The van der Waals surface area contributed by atoms with Crippen molar-refractivity contribution in [3.8, 4) is 0 Å². The summed E-state index contributed by atoms with van der Waals surface area (Å²) in [6, 6.07) is 0. The Morgan fingerprint density at radius 3 is 2.44 bits per heavy atom. The maximum atomic E-state index is 9.61. The summed E-state index contributed by atoms with van der Waals surface area (Å²) in [5.41, 5.74) is 0. The lowest BCUT2D eigenvalue weighted by molar-refractivity contribution is -0.330. The van der Waals surface area contributed by atoms with Gasteiger partial charge in [-0.3, -0.25) is 0 Å². The molecule has 0 radical (unpaired) electrons. The predicted octanol–water partition coefficient (Wildman–Crippen LogP) is 0.377. The van der Waals surface area contributed by atoms with Gasteiger partial charge in [-0.25, -0.2) is 0 Å². The van der Waals surface area contributed by atoms with Crippen molar-refractivity contribution in [2.45, 2.75) is 63.4 Å². The van der Waals surface area contributed by atoms with Gasteiger partial charge < -0.3 is 28.8 Å². The molecular formula is C12H20O6. The molecule has 104 valence electrons. The van der Waals surface area contributed by atoms with Crippen LogP contribution in [0.4, 0.5) is 0 Å². The van der Waals surface area contributed by atoms with Gasteiger partial charge in [0.25, 0.3) is 0 Å². The van der Waals surface area contributed by atoms with Gasteiger partial charge in [-0.2, -0.15) is 0 Å². The molecule has 6 heteroatoms. The molecule has 0 aromatic rings. The monoisotopic (exact) mass is 260 g/mol. The smallest absolute Gasteiger partial charge is 0.224 e. The topological polar surface area (TPSA) is 66.4 Å². The zero-order valence-corrected chi connectivity index (χ0v) is 11.1. The molecule has 0 aromatic heterocycles. The summed E-state index contributed by atoms with van der Waals surface area (Å²) in [5, 5.41) is 9.61. The molecule has 3 saturated heterocycles. The Labute approximate surface area is 106 Å². The van der Waals surface area contributed by atoms with Gasteiger partial charge in [-0.15, -0.1) is 0 Å². The molecule has 3 rings (SSSR count). The Morgan fingerprint density at radius 1 is 1.06 bits per heavy atom. The van der Waals surface area contributed by atoms with E-state index < -0.39 is 23.5 Å². The van der Waals surface area contributed by atoms with Crippen molar-refractivity contribution < 1.29 is 28.8 Å². The van der Waals surface area contributed by atoms with Gasteiger partial charge in [-0.05, 0) is 27.7 Å². The number of hydrogen-bond donors (Lipinski definition) is 1. The van der Waals surface area contributed by atoms with Gasteiger partial charge in [0.15, 0.2) is 11.6 Å². The van der Waals surface area contributed by atoms with Gasteiger partial charge >= 0.3 is 0 Å². The number of aliphatic hydroxyl groups is 1. The van der Waals surface area contributed by atoms with Crippen LogP contribution in [-0.4, -0.2) is 54.0 Å². The van der Waals surface area contributed by atoms with Gasteiger partial charge in [0.1, 0.15) is 24.9 Å². The Balaban J connectivity index is 1.88. The van der Waals surface area contributed by atoms with E-state index in [1.54, 1.807) is 13.8 Å². The molecule has 0 unspecified atom stereocenters. The van der Waals surface area contributed by atoms with Crippen LogP contribution in [0, 0.1) is 0 Å². The first-order valence-electron chi connectivity index (χ1n) is 6.25. The van der Waals surface area contributed by atoms with Crippen LogP contribution in [0.25, 0.3) is 0 Å². The predicted molar refractivity (Wildman–Crippen MR) is 59.6 cm³/mol. The highest BCUT2D eigenvalue weighted by atomic mass is 16.9. The molecule has 4 atom stereocenters. The summed E-state index contributed by atoms with van der Waals surface area (Å²) in [5.74, 6) is -2.60. The molecule has 6 nitrogen and oxygen atoms in total. The largest absolute Gasteiger partial charge is 0.391 e. The number of rotatable bonds is 1. The lowest BCUT2D eigenvalue weighted by atomic mass is 10.0. The van der Waals surface area contributed by atoms with E-state index in [2.05, 4.69) is 0 Å². The zero-order valence-electron chi connectivity index (χ0n) is 11.1. The molecule has 0 aliphatic carbocycles. The minimum atomic E-state index is -1.14. The van der Waals surface area contributed by atoms with Gasteiger partial charge in [0.2, 0.25) is 5.79 Å². The van der Waals surface area contributed by atoms with E-state index in [1.165, 1.54) is 0 Å². The normalized spacial score (nSPS) is 48.8. The average Bonchev–Trinajstić information content (AvgIpc) is 2.66. The van der Waals surface area contributed by atoms with E-state index in [0.29, 0.717) is 6.61 Å². The molecule has 3 aliphatic heterocycles. The van der Waals surface area contributed by atoms with Crippen LogP contribution in [0.2, 0.25) is 0 Å². The molecule has 3 heterocycles. The minimum absolute atomic E-state index is 0.266. The molecule has 1 N–H and O–H groups in total. The number of hydrogen-bond acceptors (Lipinski definition) is 6. The second kappa shape index (κ2) is 3.65. The molecule has 18 heavy (non-hydrogen) atoms. The molecule has 0 amide bonds. The van der Waals surface area contributed by atoms with Crippen molar-refractivity contribution in [2.75, 3.05) is 13.2 Å². The van der Waals surface area contributed by atoms with Crippen molar-refractivity contribution >= 4 is 0 Å². The fourth-order valence-corrected chi connectivity index (χ4v) is 2.89. The third kappa shape index (κ3) is 1.79. The summed E-state index contributed by atoms with van der Waals surface area (Å²) in [6.45, 7) is 7.43. The highest BCUT2D eigenvalue weighted by Gasteiger charge is 2.67. The molecule has 0 bridgehead atoms. The Morgan fingerprint density at radius 2 is 1.78 bits per heavy atom. The van der Waals surface area contributed by atoms with Crippen molar-refractivity contribution in [2.24, 2.45) is 0 Å². The molecule has 0 aromatic carbocycles. The fourth-order valence-electron chi connectivity index (χ4n) is 2.89. The third-order valence-electron chi connectivity index (χ3n) is 3.51. The van der Waals surface area contributed by atoms with E-state index in [0.717, 1.165) is 0 Å². The van der Waals surface area contributed by atoms with Crippen LogP contribution >= 0.6 is 0 Å². The summed E-state index contributed by atoms with van der Waals surface area (Å²) in [4.78, 5) is 0. The lowest BCUT2D eigenvalue weighted by Crippen LogP contribution is -2.51. The minimum Gasteiger partial charge on any atom is -0.391 e. The number of aliphatic hydroxyl groups excluding tert-OH is 1. The fraction of sp³-hybridized carbons (Fsp3) is 1.00. The first-order chi connectivity index (χ1) is 8.27. The number of ether oxygens (including phenoxy) is 5. The van der Waals surface area contributed by atoms with E-state index >= 15 is 0 Å². The number of fused-ring (bicyclic) bond motifs is 3. The van der Waals surface area contributed by atoms with Crippen molar-refractivity contribution in [3.05, 3.63) is 0 Å².